The summed E-state index contributed by atoms with van der Waals surface area (Å²) >= 11 is 9.60. The first-order chi connectivity index (χ1) is 53.0. The number of allylic oxidation sites excluding steroid dienone is 1. The molecule has 28 heteroatoms. The molecule has 6 aromatic rings. The van der Waals surface area contributed by atoms with Gasteiger partial charge in [0.15, 0.2) is 0 Å². The van der Waals surface area contributed by atoms with E-state index in [1.807, 2.05) is 129 Å². The van der Waals surface area contributed by atoms with Crippen LogP contribution >= 0.6 is 34.7 Å². The number of aromatic nitrogens is 1. The number of β-amino-alcohol motifs (C(OH)–C–C–N with tert-alkyl or cyclic N) is 1. The van der Waals surface area contributed by atoms with Crippen LogP contribution in [0.4, 0.5) is 17.1 Å². The molecule has 11 rings (SSSR count). The minimum absolute atomic E-state index is 0.00509. The molecular formula is C83H108ClN13O11S3. The lowest BCUT2D eigenvalue weighted by Crippen LogP contribution is -2.57. The molecule has 6 atom stereocenters. The second-order valence-electron chi connectivity index (χ2n) is 31.8. The number of thioether (sulfide) groups is 1. The molecule has 5 N–H and O–H groups in total. The number of carbonyl (C=O) groups is 6. The third kappa shape index (κ3) is 22.8. The van der Waals surface area contributed by atoms with Gasteiger partial charge in [-0.2, -0.15) is 0 Å². The number of halogens is 1. The number of nitro benzene ring substituents is 1. The van der Waals surface area contributed by atoms with Gasteiger partial charge < -0.3 is 40.7 Å². The van der Waals surface area contributed by atoms with Gasteiger partial charge in [-0.3, -0.25) is 53.6 Å². The molecule has 0 bridgehead atoms. The van der Waals surface area contributed by atoms with Gasteiger partial charge in [0.25, 0.3) is 21.6 Å². The fourth-order valence-corrected chi connectivity index (χ4v) is 18.7. The summed E-state index contributed by atoms with van der Waals surface area (Å²) in [6, 6.07) is 34.0. The zero-order valence-electron chi connectivity index (χ0n) is 65.0. The van der Waals surface area contributed by atoms with Crippen molar-refractivity contribution in [3.8, 4) is 10.4 Å². The van der Waals surface area contributed by atoms with Crippen molar-refractivity contribution in [3.63, 3.8) is 0 Å². The van der Waals surface area contributed by atoms with E-state index in [2.05, 4.69) is 64.3 Å². The number of amides is 6. The Labute approximate surface area is 666 Å². The first-order valence-corrected chi connectivity index (χ1v) is 42.7. The second-order valence-corrected chi connectivity index (χ2v) is 35.9. The number of piperazine rings is 3. The SMILES string of the molecule is CC(=O)N1CCN(CC[C@H](CSc2ccccc2)Nc2ccc(S(=O)(=O)NC(=O)c3ccc(N4CCN(CC5=C(c6ccc(Cl)cc6)CCC(C)(CN6CCN(C(=O)CCCCCCC(=O)N[C@H](C(=O)N7C[C@H](O)C[C@H]7C(=O)N[C@@H](C)c7ccc(-c8scnc8C)cc7)C(C)(C)C)CC6)C5)CC4)cc3)cc2[N+](=O)[O-])CC1. The number of hydrogen-bond donors (Lipinski definition) is 5. The van der Waals surface area contributed by atoms with Crippen LogP contribution in [0.5, 0.6) is 0 Å². The van der Waals surface area contributed by atoms with E-state index in [4.69, 9.17) is 11.6 Å². The van der Waals surface area contributed by atoms with Gasteiger partial charge in [0.2, 0.25) is 29.5 Å². The first-order valence-electron chi connectivity index (χ1n) is 39.0. The Morgan fingerprint density at radius 1 is 0.784 bits per heavy atom. The summed E-state index contributed by atoms with van der Waals surface area (Å²) in [6.07, 6.45) is 6.21. The summed E-state index contributed by atoms with van der Waals surface area (Å²) in [5.74, 6) is -1.12. The fraction of sp³-hybridized carbons (Fsp3) is 0.506. The fourth-order valence-electron chi connectivity index (χ4n) is 15.8. The summed E-state index contributed by atoms with van der Waals surface area (Å²) in [7, 11) is -4.54. The van der Waals surface area contributed by atoms with Crippen LogP contribution in [0.1, 0.15) is 145 Å². The molecule has 4 fully saturated rings. The van der Waals surface area contributed by atoms with E-state index >= 15 is 0 Å². The van der Waals surface area contributed by atoms with Gasteiger partial charge in [0.05, 0.1) is 38.0 Å². The Morgan fingerprint density at radius 3 is 2.08 bits per heavy atom. The van der Waals surface area contributed by atoms with E-state index in [-0.39, 0.29) is 71.8 Å². The molecule has 5 heterocycles. The van der Waals surface area contributed by atoms with Gasteiger partial charge >= 0.3 is 0 Å². The van der Waals surface area contributed by atoms with Crippen LogP contribution in [-0.4, -0.2) is 223 Å². The molecule has 596 valence electrons. The summed E-state index contributed by atoms with van der Waals surface area (Å²) in [5, 5.41) is 33.4. The Hall–Kier alpha value is -8.28. The molecule has 0 spiro atoms. The van der Waals surface area contributed by atoms with Crippen LogP contribution in [0.15, 0.2) is 142 Å². The molecule has 5 aliphatic rings. The van der Waals surface area contributed by atoms with E-state index in [1.165, 1.54) is 33.7 Å². The van der Waals surface area contributed by atoms with Crippen molar-refractivity contribution >= 4 is 103 Å². The summed E-state index contributed by atoms with van der Waals surface area (Å²) in [6.45, 7) is 24.5. The molecule has 4 aliphatic heterocycles. The number of unbranched alkanes of at least 4 members (excludes halogenated alkanes) is 3. The number of rotatable bonds is 31. The molecule has 6 amide bonds. The Balaban J connectivity index is 0.606. The molecular weight excluding hydrogens is 1490 g/mol. The largest absolute Gasteiger partial charge is 0.391 e. The van der Waals surface area contributed by atoms with Crippen molar-refractivity contribution in [2.75, 3.05) is 121 Å². The maximum Gasteiger partial charge on any atom is 0.293 e. The maximum absolute atomic E-state index is 14.3. The van der Waals surface area contributed by atoms with Crippen LogP contribution in [0, 0.1) is 27.9 Å². The van der Waals surface area contributed by atoms with Gasteiger partial charge in [0.1, 0.15) is 17.8 Å². The van der Waals surface area contributed by atoms with Crippen LogP contribution < -0.4 is 25.6 Å². The molecule has 1 unspecified atom stereocenters. The van der Waals surface area contributed by atoms with Crippen molar-refractivity contribution in [2.24, 2.45) is 10.8 Å². The zero-order valence-corrected chi connectivity index (χ0v) is 68.2. The highest BCUT2D eigenvalue weighted by Gasteiger charge is 2.45. The quantitative estimate of drug-likeness (QED) is 0.0117. The third-order valence-electron chi connectivity index (χ3n) is 22.3. The van der Waals surface area contributed by atoms with Crippen molar-refractivity contribution in [1.82, 2.24) is 49.7 Å². The number of aliphatic hydroxyl groups is 1. The smallest absolute Gasteiger partial charge is 0.293 e. The van der Waals surface area contributed by atoms with Gasteiger partial charge in [-0.1, -0.05) is 112 Å². The lowest BCUT2D eigenvalue weighted by atomic mass is 9.71. The number of anilines is 2. The molecule has 111 heavy (non-hydrogen) atoms. The number of thiazole rings is 1. The van der Waals surface area contributed by atoms with Crippen molar-refractivity contribution < 1.29 is 47.2 Å². The minimum atomic E-state index is -4.54. The van der Waals surface area contributed by atoms with Crippen LogP contribution in [0.25, 0.3) is 16.0 Å². The molecule has 0 radical (unpaired) electrons. The number of aryl methyl sites for hydroxylation is 1. The van der Waals surface area contributed by atoms with Crippen LogP contribution in [0.2, 0.25) is 5.02 Å². The van der Waals surface area contributed by atoms with Crippen molar-refractivity contribution in [2.45, 2.75) is 159 Å². The maximum atomic E-state index is 14.3. The van der Waals surface area contributed by atoms with Gasteiger partial charge in [-0.05, 0) is 146 Å². The highest BCUT2D eigenvalue weighted by atomic mass is 35.5. The van der Waals surface area contributed by atoms with E-state index in [1.54, 1.807) is 42.2 Å². The number of aliphatic hydroxyl groups excluding tert-OH is 1. The molecule has 0 saturated carbocycles. The summed E-state index contributed by atoms with van der Waals surface area (Å²) in [4.78, 5) is 114. The van der Waals surface area contributed by atoms with Gasteiger partial charge in [0, 0.05) is 170 Å². The molecule has 5 aromatic carbocycles. The van der Waals surface area contributed by atoms with Crippen molar-refractivity contribution in [1.29, 1.82) is 0 Å². The number of benzene rings is 5. The third-order valence-corrected chi connectivity index (χ3v) is 26.1. The predicted octanol–water partition coefficient (Wildman–Crippen LogP) is 11.5. The highest BCUT2D eigenvalue weighted by Crippen LogP contribution is 2.45. The minimum Gasteiger partial charge on any atom is -0.391 e. The Bertz CT molecular complexity index is 4370. The lowest BCUT2D eigenvalue weighted by molar-refractivity contribution is -0.384. The lowest BCUT2D eigenvalue weighted by Gasteiger charge is -2.44. The predicted molar refractivity (Wildman–Crippen MR) is 438 cm³/mol. The number of nitrogens with one attached hydrogen (secondary N) is 4. The average molecular weight is 1600 g/mol. The van der Waals surface area contributed by atoms with E-state index in [9.17, 15) is 52.4 Å². The number of nitrogens with zero attached hydrogens (tertiary/aromatic N) is 9. The number of nitro groups is 1. The van der Waals surface area contributed by atoms with E-state index < -0.39 is 60.9 Å². The second kappa shape index (κ2) is 38.0. The van der Waals surface area contributed by atoms with E-state index in [0.29, 0.717) is 69.2 Å². The molecule has 4 saturated heterocycles. The number of hydrogen-bond acceptors (Lipinski definition) is 19. The Morgan fingerprint density at radius 2 is 1.43 bits per heavy atom. The average Bonchev–Trinajstić information content (AvgIpc) is 1.09. The number of sulfonamides is 1. The first kappa shape index (κ1) is 83.6. The zero-order chi connectivity index (χ0) is 79.2. The summed E-state index contributed by atoms with van der Waals surface area (Å²) in [5.41, 5.74) is 8.74. The van der Waals surface area contributed by atoms with Gasteiger partial charge in [-0.25, -0.2) is 18.1 Å². The topological polar surface area (TPSA) is 284 Å². The summed E-state index contributed by atoms with van der Waals surface area (Å²) < 4.78 is 29.7. The van der Waals surface area contributed by atoms with Crippen molar-refractivity contribution in [3.05, 3.63) is 170 Å². The molecule has 24 nitrogen and oxygen atoms in total. The van der Waals surface area contributed by atoms with Crippen LogP contribution in [0.3, 0.4) is 0 Å². The van der Waals surface area contributed by atoms with Gasteiger partial charge in [-0.15, -0.1) is 23.1 Å². The Kier molecular flexibility index (Phi) is 28.7. The monoisotopic (exact) mass is 1590 g/mol. The molecule has 1 aliphatic carbocycles. The standard InChI is InChI=1S/C83H108ClN13O11S3/c1-57(60-19-21-62(22-20-60)77-58(2)85-56-110-77)86-80(103)74-49-68(99)53-96(74)81(104)78(82(4,5)6)88-75(100)17-13-8-9-14-18-76(101)95-47-41-92(42-48-95)55-83(7)35-33-71(61-23-27-65(84)28-24-61)64(51-83)52-91-39-45-94(46-40-91)67-29-25-63(26-30-67)79(102)89-111(107,108)70-31-32-72(73(50-70)97(105)106)87-66(54-109-69-15-11-10-12-16-69)34-36-90-37-43-93(44-38-90)59(3)98/h10-12,15-16,19-32,50,56-57,66,68,74,78,87,99H,8-9,13-14,17-18,33-49,51-55H2,1-7H3,(H,86,103)(H,88,100)(H,89,102)/t57-,66+,68+,74-,78+,83?/m0/s1. The number of likely N-dealkylation sites (tertiary alicyclic amines) is 1. The van der Waals surface area contributed by atoms with Crippen LogP contribution in [-0.2, 0) is 34.0 Å². The molecule has 1 aromatic heterocycles. The highest BCUT2D eigenvalue weighted by molar-refractivity contribution is 7.99. The number of carbonyl (C=O) groups excluding carboxylic acids is 6. The van der Waals surface area contributed by atoms with E-state index in [0.717, 1.165) is 136 Å². The normalized spacial score (nSPS) is 19.8.